The number of rotatable bonds is 3. The molecule has 1 atom stereocenters. The van der Waals surface area contributed by atoms with Gasteiger partial charge in [0.2, 0.25) is 0 Å². The minimum Gasteiger partial charge on any atom is -0.491 e. The molecule has 0 saturated carbocycles. The molecule has 1 aliphatic heterocycles. The summed E-state index contributed by atoms with van der Waals surface area (Å²) in [4.78, 5) is 0. The number of aryl methyl sites for hydroxylation is 1. The van der Waals surface area contributed by atoms with Gasteiger partial charge in [-0.05, 0) is 32.4 Å². The van der Waals surface area contributed by atoms with Crippen LogP contribution in [0.3, 0.4) is 0 Å². The van der Waals surface area contributed by atoms with Crippen molar-refractivity contribution in [1.82, 2.24) is 0 Å². The fourth-order valence-corrected chi connectivity index (χ4v) is 1.75. The highest BCUT2D eigenvalue weighted by molar-refractivity contribution is 5.31. The van der Waals surface area contributed by atoms with Crippen molar-refractivity contribution in [2.45, 2.75) is 32.7 Å². The molecule has 0 spiro atoms. The lowest BCUT2D eigenvalue weighted by Crippen LogP contribution is -2.25. The van der Waals surface area contributed by atoms with E-state index in [-0.39, 0.29) is 6.10 Å². The summed E-state index contributed by atoms with van der Waals surface area (Å²) in [6.07, 6.45) is 0.0228. The standard InChI is InChI=1S/C13H18O3/c1-10-6-4-5-7-12(10)14-8-11-9-15-13(2,3)16-11/h4-7,11H,8-9H2,1-3H3/t11-/m0/s1. The SMILES string of the molecule is Cc1ccccc1OC[C@H]1COC(C)(C)O1. The van der Waals surface area contributed by atoms with Crippen molar-refractivity contribution in [3.8, 4) is 5.75 Å². The second-order valence-electron chi connectivity index (χ2n) is 4.53. The van der Waals surface area contributed by atoms with Crippen LogP contribution in [0.4, 0.5) is 0 Å². The minimum absolute atomic E-state index is 0.0228. The summed E-state index contributed by atoms with van der Waals surface area (Å²) in [6.45, 7) is 7.00. The van der Waals surface area contributed by atoms with E-state index in [0.717, 1.165) is 11.3 Å². The molecule has 0 radical (unpaired) electrons. The van der Waals surface area contributed by atoms with Crippen molar-refractivity contribution >= 4 is 0 Å². The van der Waals surface area contributed by atoms with Crippen LogP contribution in [0.5, 0.6) is 5.75 Å². The lowest BCUT2D eigenvalue weighted by Gasteiger charge is -2.17. The highest BCUT2D eigenvalue weighted by Crippen LogP contribution is 2.23. The number of hydrogen-bond donors (Lipinski definition) is 0. The zero-order chi connectivity index (χ0) is 11.6. The third-order valence-corrected chi connectivity index (χ3v) is 2.59. The van der Waals surface area contributed by atoms with Crippen molar-refractivity contribution in [3.63, 3.8) is 0 Å². The number of ether oxygens (including phenoxy) is 3. The van der Waals surface area contributed by atoms with Crippen LogP contribution in [0.1, 0.15) is 19.4 Å². The largest absolute Gasteiger partial charge is 0.491 e. The average molecular weight is 222 g/mol. The molecule has 0 amide bonds. The fraction of sp³-hybridized carbons (Fsp3) is 0.538. The molecule has 1 aliphatic rings. The van der Waals surface area contributed by atoms with Gasteiger partial charge in [0.15, 0.2) is 5.79 Å². The van der Waals surface area contributed by atoms with Gasteiger partial charge in [-0.2, -0.15) is 0 Å². The topological polar surface area (TPSA) is 27.7 Å². The summed E-state index contributed by atoms with van der Waals surface area (Å²) >= 11 is 0. The van der Waals surface area contributed by atoms with Crippen LogP contribution in [0.15, 0.2) is 24.3 Å². The van der Waals surface area contributed by atoms with E-state index < -0.39 is 5.79 Å². The predicted octanol–water partition coefficient (Wildman–Crippen LogP) is 2.53. The highest BCUT2D eigenvalue weighted by Gasteiger charge is 2.32. The van der Waals surface area contributed by atoms with Crippen molar-refractivity contribution in [2.75, 3.05) is 13.2 Å². The van der Waals surface area contributed by atoms with Gasteiger partial charge in [0.1, 0.15) is 18.5 Å². The van der Waals surface area contributed by atoms with Crippen LogP contribution >= 0.6 is 0 Å². The second-order valence-corrected chi connectivity index (χ2v) is 4.53. The van der Waals surface area contributed by atoms with Gasteiger partial charge < -0.3 is 14.2 Å². The van der Waals surface area contributed by atoms with E-state index in [0.29, 0.717) is 13.2 Å². The Morgan fingerprint density at radius 1 is 1.38 bits per heavy atom. The molecule has 1 aromatic rings. The Labute approximate surface area is 96.3 Å². The molecule has 0 aliphatic carbocycles. The Balaban J connectivity index is 1.87. The first-order chi connectivity index (χ1) is 7.57. The summed E-state index contributed by atoms with van der Waals surface area (Å²) in [6, 6.07) is 7.97. The van der Waals surface area contributed by atoms with Crippen molar-refractivity contribution in [2.24, 2.45) is 0 Å². The van der Waals surface area contributed by atoms with Crippen LogP contribution in [-0.4, -0.2) is 25.1 Å². The van der Waals surface area contributed by atoms with Gasteiger partial charge >= 0.3 is 0 Å². The van der Waals surface area contributed by atoms with E-state index in [2.05, 4.69) is 0 Å². The Hall–Kier alpha value is -1.06. The lowest BCUT2D eigenvalue weighted by molar-refractivity contribution is -0.141. The van der Waals surface area contributed by atoms with E-state index >= 15 is 0 Å². The molecule has 0 aromatic heterocycles. The molecule has 0 N–H and O–H groups in total. The normalized spacial score (nSPS) is 23.3. The summed E-state index contributed by atoms with van der Waals surface area (Å²) in [7, 11) is 0. The summed E-state index contributed by atoms with van der Waals surface area (Å²) in [5.74, 6) is 0.440. The Kier molecular flexibility index (Phi) is 3.17. The highest BCUT2D eigenvalue weighted by atomic mass is 16.7. The molecule has 16 heavy (non-hydrogen) atoms. The maximum Gasteiger partial charge on any atom is 0.163 e. The van der Waals surface area contributed by atoms with Crippen molar-refractivity contribution in [3.05, 3.63) is 29.8 Å². The average Bonchev–Trinajstić information content (AvgIpc) is 2.57. The molecule has 1 heterocycles. The van der Waals surface area contributed by atoms with Gasteiger partial charge in [-0.25, -0.2) is 0 Å². The first-order valence-corrected chi connectivity index (χ1v) is 5.57. The van der Waals surface area contributed by atoms with E-state index in [4.69, 9.17) is 14.2 Å². The van der Waals surface area contributed by atoms with Gasteiger partial charge in [-0.1, -0.05) is 18.2 Å². The molecule has 1 saturated heterocycles. The Morgan fingerprint density at radius 2 is 2.12 bits per heavy atom. The minimum atomic E-state index is -0.472. The molecule has 1 aromatic carbocycles. The third-order valence-electron chi connectivity index (χ3n) is 2.59. The molecule has 2 rings (SSSR count). The van der Waals surface area contributed by atoms with Crippen LogP contribution in [0, 0.1) is 6.92 Å². The van der Waals surface area contributed by atoms with Crippen LogP contribution in [-0.2, 0) is 9.47 Å². The smallest absolute Gasteiger partial charge is 0.163 e. The van der Waals surface area contributed by atoms with Crippen LogP contribution < -0.4 is 4.74 Å². The molecule has 3 nitrogen and oxygen atoms in total. The molecule has 88 valence electrons. The Bertz CT molecular complexity index is 360. The fourth-order valence-electron chi connectivity index (χ4n) is 1.75. The van der Waals surface area contributed by atoms with Gasteiger partial charge in [0.05, 0.1) is 6.61 Å². The summed E-state index contributed by atoms with van der Waals surface area (Å²) < 4.78 is 16.8. The zero-order valence-corrected chi connectivity index (χ0v) is 10.0. The summed E-state index contributed by atoms with van der Waals surface area (Å²) in [5.41, 5.74) is 1.14. The van der Waals surface area contributed by atoms with Gasteiger partial charge in [-0.3, -0.25) is 0 Å². The Morgan fingerprint density at radius 3 is 2.75 bits per heavy atom. The van der Waals surface area contributed by atoms with Crippen LogP contribution in [0.25, 0.3) is 0 Å². The molecule has 0 unspecified atom stereocenters. The van der Waals surface area contributed by atoms with Crippen molar-refractivity contribution < 1.29 is 14.2 Å². The van der Waals surface area contributed by atoms with E-state index in [1.54, 1.807) is 0 Å². The van der Waals surface area contributed by atoms with E-state index in [9.17, 15) is 0 Å². The molecule has 0 bridgehead atoms. The monoisotopic (exact) mass is 222 g/mol. The zero-order valence-electron chi connectivity index (χ0n) is 10.0. The number of benzene rings is 1. The molecular formula is C13H18O3. The maximum absolute atomic E-state index is 5.71. The first kappa shape index (κ1) is 11.4. The molecule has 3 heteroatoms. The lowest BCUT2D eigenvalue weighted by atomic mass is 10.2. The van der Waals surface area contributed by atoms with Crippen molar-refractivity contribution in [1.29, 1.82) is 0 Å². The first-order valence-electron chi connectivity index (χ1n) is 5.57. The number of para-hydroxylation sites is 1. The maximum atomic E-state index is 5.71. The van der Waals surface area contributed by atoms with E-state index in [1.807, 2.05) is 45.0 Å². The van der Waals surface area contributed by atoms with Gasteiger partial charge in [0.25, 0.3) is 0 Å². The third kappa shape index (κ3) is 2.74. The summed E-state index contributed by atoms with van der Waals surface area (Å²) in [5, 5.41) is 0. The quantitative estimate of drug-likeness (QED) is 0.786. The van der Waals surface area contributed by atoms with E-state index in [1.165, 1.54) is 0 Å². The van der Waals surface area contributed by atoms with Gasteiger partial charge in [-0.15, -0.1) is 0 Å². The molecule has 1 fully saturated rings. The molecular weight excluding hydrogens is 204 g/mol. The van der Waals surface area contributed by atoms with Gasteiger partial charge in [0, 0.05) is 0 Å². The second kappa shape index (κ2) is 4.44. The van der Waals surface area contributed by atoms with Crippen LogP contribution in [0.2, 0.25) is 0 Å². The number of hydrogen-bond acceptors (Lipinski definition) is 3. The predicted molar refractivity (Wildman–Crippen MR) is 61.6 cm³/mol.